The molecule has 0 aromatic heterocycles. The lowest BCUT2D eigenvalue weighted by molar-refractivity contribution is 0.294. The summed E-state index contributed by atoms with van der Waals surface area (Å²) in [5.74, 6) is 0. The van der Waals surface area contributed by atoms with E-state index in [1.807, 2.05) is 49.5 Å². The third kappa shape index (κ3) is 4.66. The second kappa shape index (κ2) is 9.31. The molecule has 0 spiro atoms. The Labute approximate surface area is 166 Å². The predicted molar refractivity (Wildman–Crippen MR) is 118 cm³/mol. The summed E-state index contributed by atoms with van der Waals surface area (Å²) in [6.45, 7) is 5.42. The smallest absolute Gasteiger partial charge is 0.0656 e. The van der Waals surface area contributed by atoms with Gasteiger partial charge in [-0.05, 0) is 53.8 Å². The molecule has 0 fully saturated rings. The van der Waals surface area contributed by atoms with Crippen molar-refractivity contribution in [3.63, 3.8) is 0 Å². The van der Waals surface area contributed by atoms with Crippen LogP contribution in [0.2, 0.25) is 0 Å². The van der Waals surface area contributed by atoms with E-state index in [4.69, 9.17) is 10.5 Å². The Hall–Kier alpha value is -2.95. The van der Waals surface area contributed by atoms with Gasteiger partial charge < -0.3 is 15.7 Å². The van der Waals surface area contributed by atoms with Gasteiger partial charge in [0.1, 0.15) is 0 Å². The van der Waals surface area contributed by atoms with Gasteiger partial charge in [0.15, 0.2) is 0 Å². The number of rotatable bonds is 7. The van der Waals surface area contributed by atoms with Gasteiger partial charge in [0.05, 0.1) is 12.3 Å². The van der Waals surface area contributed by atoms with E-state index in [-0.39, 0.29) is 6.61 Å². The van der Waals surface area contributed by atoms with Gasteiger partial charge in [-0.15, -0.1) is 0 Å². The first-order valence-corrected chi connectivity index (χ1v) is 9.51. The molecule has 0 radical (unpaired) electrons. The molecule has 4 N–H and O–H groups in total. The third-order valence-corrected chi connectivity index (χ3v) is 4.85. The molecule has 0 bridgehead atoms. The molecule has 0 amide bonds. The largest absolute Gasteiger partial charge is 0.395 e. The second-order valence-corrected chi connectivity index (χ2v) is 6.91. The fraction of sp³-hybridized carbons (Fsp3) is 0.208. The zero-order chi connectivity index (χ0) is 19.9. The molecule has 0 saturated carbocycles. The van der Waals surface area contributed by atoms with Gasteiger partial charge in [-0.25, -0.2) is 0 Å². The van der Waals surface area contributed by atoms with Crippen LogP contribution in [0.1, 0.15) is 12.5 Å². The summed E-state index contributed by atoms with van der Waals surface area (Å²) >= 11 is 0. The summed E-state index contributed by atoms with van der Waals surface area (Å²) in [6.07, 6.45) is 5.94. The number of aliphatic hydroxyl groups is 1. The van der Waals surface area contributed by atoms with Crippen molar-refractivity contribution in [2.24, 2.45) is 0 Å². The van der Waals surface area contributed by atoms with Gasteiger partial charge >= 0.3 is 0 Å². The molecule has 2 aromatic rings. The molecule has 3 rings (SSSR count). The van der Waals surface area contributed by atoms with E-state index >= 15 is 0 Å². The number of anilines is 1. The van der Waals surface area contributed by atoms with Crippen LogP contribution in [0, 0.1) is 12.3 Å². The molecule has 144 valence electrons. The van der Waals surface area contributed by atoms with E-state index in [0.717, 1.165) is 22.4 Å². The number of allylic oxidation sites excluding steroid dienone is 3. The summed E-state index contributed by atoms with van der Waals surface area (Å²) in [4.78, 5) is 0. The van der Waals surface area contributed by atoms with Crippen molar-refractivity contribution >= 4 is 11.4 Å². The Morgan fingerprint density at radius 2 is 1.79 bits per heavy atom. The average Bonchev–Trinajstić information content (AvgIpc) is 2.71. The minimum atomic E-state index is 0.118. The van der Waals surface area contributed by atoms with Gasteiger partial charge in [-0.2, -0.15) is 0 Å². The van der Waals surface area contributed by atoms with Gasteiger partial charge in [-0.1, -0.05) is 48.5 Å². The number of benzene rings is 2. The highest BCUT2D eigenvalue weighted by atomic mass is 16.3. The van der Waals surface area contributed by atoms with Crippen molar-refractivity contribution in [1.29, 1.82) is 5.41 Å². The minimum absolute atomic E-state index is 0.118. The lowest BCUT2D eigenvalue weighted by atomic mass is 9.94. The van der Waals surface area contributed by atoms with Crippen LogP contribution in [0.15, 0.2) is 83.6 Å². The molecular weight excluding hydrogens is 346 g/mol. The second-order valence-electron chi connectivity index (χ2n) is 6.91. The highest BCUT2D eigenvalue weighted by molar-refractivity contribution is 6.13. The van der Waals surface area contributed by atoms with Gasteiger partial charge in [0.2, 0.25) is 0 Å². The third-order valence-electron chi connectivity index (χ3n) is 4.85. The van der Waals surface area contributed by atoms with Gasteiger partial charge in [-0.3, -0.25) is 5.41 Å². The van der Waals surface area contributed by atoms with Crippen LogP contribution in [0.4, 0.5) is 5.69 Å². The standard InChI is InChI=1S/C24H27N3O/c1-17-13-19(15-26-11-12-28)14-21(24(17)25)16-27-23-10-6-9-22(18(23)2)20-7-4-3-5-8-20/h3-10,13-14,16,25-28H,11-12,15H2,1-2H3/b21-16-,25-24?. The van der Waals surface area contributed by atoms with E-state index in [1.54, 1.807) is 0 Å². The maximum Gasteiger partial charge on any atom is 0.0656 e. The Morgan fingerprint density at radius 1 is 1.00 bits per heavy atom. The van der Waals surface area contributed by atoms with Crippen molar-refractivity contribution in [2.45, 2.75) is 13.8 Å². The SMILES string of the molecule is CC1=CC(CNCCO)=C/C(=C/Nc2cccc(-c3ccccc3)c2C)C1=N. The number of nitrogens with one attached hydrogen (secondary N) is 3. The Kier molecular flexibility index (Phi) is 6.58. The zero-order valence-corrected chi connectivity index (χ0v) is 16.4. The molecule has 2 aromatic carbocycles. The summed E-state index contributed by atoms with van der Waals surface area (Å²) in [5, 5.41) is 23.9. The van der Waals surface area contributed by atoms with Gasteiger partial charge in [0.25, 0.3) is 0 Å². The van der Waals surface area contributed by atoms with Crippen molar-refractivity contribution in [3.8, 4) is 11.1 Å². The molecule has 0 aliphatic heterocycles. The first-order chi connectivity index (χ1) is 13.6. The highest BCUT2D eigenvalue weighted by Crippen LogP contribution is 2.29. The fourth-order valence-electron chi connectivity index (χ4n) is 3.30. The van der Waals surface area contributed by atoms with Crippen molar-refractivity contribution in [2.75, 3.05) is 25.0 Å². The van der Waals surface area contributed by atoms with Crippen molar-refractivity contribution in [1.82, 2.24) is 5.32 Å². The van der Waals surface area contributed by atoms with Gasteiger partial charge in [0, 0.05) is 30.5 Å². The number of hydrogen-bond donors (Lipinski definition) is 4. The molecule has 4 heteroatoms. The maximum atomic E-state index is 8.93. The maximum absolute atomic E-state index is 8.93. The van der Waals surface area contributed by atoms with Crippen molar-refractivity contribution < 1.29 is 5.11 Å². The quantitative estimate of drug-likeness (QED) is 0.542. The zero-order valence-electron chi connectivity index (χ0n) is 16.4. The molecular formula is C24H27N3O. The molecule has 0 unspecified atom stereocenters. The lowest BCUT2D eigenvalue weighted by Crippen LogP contribution is -2.22. The Morgan fingerprint density at radius 3 is 2.54 bits per heavy atom. The van der Waals surface area contributed by atoms with Crippen LogP contribution in [-0.4, -0.2) is 30.5 Å². The monoisotopic (exact) mass is 373 g/mol. The fourth-order valence-corrected chi connectivity index (χ4v) is 3.30. The van der Waals surface area contributed by atoms with E-state index in [0.29, 0.717) is 18.8 Å². The van der Waals surface area contributed by atoms with Crippen LogP contribution in [0.3, 0.4) is 0 Å². The van der Waals surface area contributed by atoms with E-state index in [9.17, 15) is 0 Å². The van der Waals surface area contributed by atoms with Crippen molar-refractivity contribution in [3.05, 3.63) is 89.2 Å². The molecule has 0 heterocycles. The van der Waals surface area contributed by atoms with Crippen LogP contribution in [-0.2, 0) is 0 Å². The molecule has 28 heavy (non-hydrogen) atoms. The summed E-state index contributed by atoms with van der Waals surface area (Å²) in [6, 6.07) is 16.6. The Balaban J connectivity index is 1.83. The molecule has 0 saturated heterocycles. The first kappa shape index (κ1) is 19.8. The van der Waals surface area contributed by atoms with Crippen LogP contribution < -0.4 is 10.6 Å². The van der Waals surface area contributed by atoms with Crippen LogP contribution >= 0.6 is 0 Å². The van der Waals surface area contributed by atoms with Crippen LogP contribution in [0.25, 0.3) is 11.1 Å². The van der Waals surface area contributed by atoms with E-state index in [2.05, 4.69) is 41.8 Å². The minimum Gasteiger partial charge on any atom is -0.395 e. The molecule has 1 aliphatic rings. The average molecular weight is 374 g/mol. The summed E-state index contributed by atoms with van der Waals surface area (Å²) in [7, 11) is 0. The van der Waals surface area contributed by atoms with E-state index in [1.165, 1.54) is 16.7 Å². The number of aliphatic hydroxyl groups excluding tert-OH is 1. The summed E-state index contributed by atoms with van der Waals surface area (Å²) in [5.41, 5.74) is 8.01. The number of hydrogen-bond acceptors (Lipinski definition) is 4. The topological polar surface area (TPSA) is 68.1 Å². The summed E-state index contributed by atoms with van der Waals surface area (Å²) < 4.78 is 0. The van der Waals surface area contributed by atoms with E-state index < -0.39 is 0 Å². The van der Waals surface area contributed by atoms with Crippen LogP contribution in [0.5, 0.6) is 0 Å². The molecule has 0 atom stereocenters. The highest BCUT2D eigenvalue weighted by Gasteiger charge is 2.13. The predicted octanol–water partition coefficient (Wildman–Crippen LogP) is 4.45. The molecule has 4 nitrogen and oxygen atoms in total. The lowest BCUT2D eigenvalue weighted by Gasteiger charge is -2.17. The normalized spacial score (nSPS) is 15.4. The molecule has 1 aliphatic carbocycles. The Bertz CT molecular complexity index is 940. The first-order valence-electron chi connectivity index (χ1n) is 9.51.